The Hall–Kier alpha value is -3.80. The number of para-hydroxylation sites is 1. The molecule has 1 aliphatic heterocycles. The van der Waals surface area contributed by atoms with Gasteiger partial charge in [-0.05, 0) is 30.3 Å². The predicted octanol–water partition coefficient (Wildman–Crippen LogP) is 5.71. The summed E-state index contributed by atoms with van der Waals surface area (Å²) < 4.78 is 17.2. The number of allylic oxidation sites excluding steroid dienone is 4. The van der Waals surface area contributed by atoms with E-state index in [1.165, 1.54) is 0 Å². The Morgan fingerprint density at radius 1 is 0.727 bits per heavy atom. The summed E-state index contributed by atoms with van der Waals surface area (Å²) >= 11 is 0. The van der Waals surface area contributed by atoms with Crippen LogP contribution in [0.25, 0.3) is 0 Å². The first-order chi connectivity index (χ1) is 16.1. The third-order valence-corrected chi connectivity index (χ3v) is 6.88. The average molecular weight is 442 g/mol. The van der Waals surface area contributed by atoms with Crippen molar-refractivity contribution in [1.82, 2.24) is 0 Å². The van der Waals surface area contributed by atoms with Crippen LogP contribution in [0.1, 0.15) is 60.5 Å². The number of ether oxygens (including phenoxy) is 1. The molecule has 1 N–H and O–H groups in total. The Labute approximate surface area is 190 Å². The topological polar surface area (TPSA) is 89.9 Å². The van der Waals surface area contributed by atoms with E-state index in [-0.39, 0.29) is 42.0 Å². The van der Waals surface area contributed by atoms with Crippen LogP contribution in [0.2, 0.25) is 0 Å². The molecule has 6 heteroatoms. The van der Waals surface area contributed by atoms with E-state index in [9.17, 15) is 14.7 Å². The fraction of sp³-hybridized carbons (Fsp3) is 0.259. The second-order valence-corrected chi connectivity index (χ2v) is 8.86. The molecule has 0 saturated heterocycles. The maximum Gasteiger partial charge on any atom is 0.163 e. The van der Waals surface area contributed by atoms with Gasteiger partial charge in [0.1, 0.15) is 28.8 Å². The molecule has 33 heavy (non-hydrogen) atoms. The molecule has 3 atom stereocenters. The highest BCUT2D eigenvalue weighted by atomic mass is 16.5. The largest absolute Gasteiger partial charge is 0.512 e. The van der Waals surface area contributed by atoms with E-state index < -0.39 is 5.92 Å². The highest BCUT2D eigenvalue weighted by Gasteiger charge is 2.45. The lowest BCUT2D eigenvalue weighted by molar-refractivity contribution is -0.117. The fourth-order valence-corrected chi connectivity index (χ4v) is 5.40. The van der Waals surface area contributed by atoms with Gasteiger partial charge in [-0.3, -0.25) is 9.59 Å². The van der Waals surface area contributed by atoms with Crippen LogP contribution in [-0.4, -0.2) is 16.7 Å². The minimum absolute atomic E-state index is 0.0159. The summed E-state index contributed by atoms with van der Waals surface area (Å²) in [6.07, 6.45) is 4.45. The lowest BCUT2D eigenvalue weighted by atomic mass is 9.70. The van der Waals surface area contributed by atoms with Crippen LogP contribution >= 0.6 is 0 Å². The minimum atomic E-state index is -0.639. The number of carbonyl (C=O) groups excluding carboxylic acids is 2. The quantitative estimate of drug-likeness (QED) is 0.559. The molecule has 0 bridgehead atoms. The molecule has 0 spiro atoms. The molecule has 3 aromatic rings. The summed E-state index contributed by atoms with van der Waals surface area (Å²) in [6.45, 7) is 0. The summed E-state index contributed by atoms with van der Waals surface area (Å²) in [5.41, 5.74) is 1.50. The van der Waals surface area contributed by atoms with E-state index in [0.717, 1.165) is 11.3 Å². The predicted molar refractivity (Wildman–Crippen MR) is 118 cm³/mol. The number of fused-ring (bicyclic) bond motifs is 1. The zero-order valence-corrected chi connectivity index (χ0v) is 17.8. The molecule has 2 aliphatic carbocycles. The molecule has 0 saturated carbocycles. The minimum Gasteiger partial charge on any atom is -0.512 e. The van der Waals surface area contributed by atoms with Gasteiger partial charge < -0.3 is 18.7 Å². The van der Waals surface area contributed by atoms with Gasteiger partial charge in [0, 0.05) is 54.2 Å². The van der Waals surface area contributed by atoms with Gasteiger partial charge in [0.05, 0.1) is 18.4 Å². The third-order valence-electron chi connectivity index (χ3n) is 6.88. The normalized spacial score (nSPS) is 25.0. The smallest absolute Gasteiger partial charge is 0.163 e. The molecule has 3 unspecified atom stereocenters. The molecule has 3 aliphatic rings. The lowest BCUT2D eigenvalue weighted by Gasteiger charge is -2.36. The molecule has 6 nitrogen and oxygen atoms in total. The van der Waals surface area contributed by atoms with Crippen LogP contribution in [0.15, 0.2) is 92.6 Å². The van der Waals surface area contributed by atoms with E-state index in [1.807, 2.05) is 42.5 Å². The summed E-state index contributed by atoms with van der Waals surface area (Å²) in [7, 11) is 0. The molecule has 166 valence electrons. The van der Waals surface area contributed by atoms with Crippen LogP contribution in [-0.2, 0) is 9.59 Å². The van der Waals surface area contributed by atoms with Crippen molar-refractivity contribution >= 4 is 11.6 Å². The second kappa shape index (κ2) is 7.66. The first-order valence-electron chi connectivity index (χ1n) is 11.1. The Kier molecular flexibility index (Phi) is 4.61. The van der Waals surface area contributed by atoms with Crippen molar-refractivity contribution in [2.45, 2.75) is 43.4 Å². The van der Waals surface area contributed by atoms with Crippen LogP contribution in [0.5, 0.6) is 5.75 Å². The van der Waals surface area contributed by atoms with Gasteiger partial charge in [0.25, 0.3) is 0 Å². The lowest BCUT2D eigenvalue weighted by Crippen LogP contribution is -2.32. The Balaban J connectivity index is 1.45. The summed E-state index contributed by atoms with van der Waals surface area (Å²) in [5.74, 6) is 1.36. The molecule has 6 rings (SSSR count). The molecule has 2 aromatic heterocycles. The first kappa shape index (κ1) is 19.9. The van der Waals surface area contributed by atoms with E-state index in [1.54, 1.807) is 18.6 Å². The SMILES string of the molecule is O=C1CC(c2ccco2)CC(O)=C1C1C2=C(CC(c3ccco3)CC2=O)Oc2ccccc21. The van der Waals surface area contributed by atoms with Crippen molar-refractivity contribution in [1.29, 1.82) is 0 Å². The highest BCUT2D eigenvalue weighted by Crippen LogP contribution is 2.51. The third kappa shape index (κ3) is 3.25. The zero-order chi connectivity index (χ0) is 22.5. The summed E-state index contributed by atoms with van der Waals surface area (Å²) in [4.78, 5) is 26.9. The number of carbonyl (C=O) groups is 2. The van der Waals surface area contributed by atoms with Crippen molar-refractivity contribution < 1.29 is 28.3 Å². The number of aliphatic hydroxyl groups is 1. The molecule has 0 radical (unpaired) electrons. The van der Waals surface area contributed by atoms with Crippen molar-refractivity contribution in [3.05, 3.63) is 101 Å². The van der Waals surface area contributed by atoms with Gasteiger partial charge >= 0.3 is 0 Å². The van der Waals surface area contributed by atoms with Crippen molar-refractivity contribution in [3.8, 4) is 5.75 Å². The van der Waals surface area contributed by atoms with Gasteiger partial charge in [-0.15, -0.1) is 0 Å². The number of Topliss-reactive ketones (excluding diaryl/α,β-unsaturated/α-hetero) is 2. The number of benzene rings is 1. The van der Waals surface area contributed by atoms with Gasteiger partial charge in [0.15, 0.2) is 11.6 Å². The molecule has 0 amide bonds. The van der Waals surface area contributed by atoms with Gasteiger partial charge in [0.2, 0.25) is 0 Å². The van der Waals surface area contributed by atoms with Gasteiger partial charge in [-0.2, -0.15) is 0 Å². The summed E-state index contributed by atoms with van der Waals surface area (Å²) in [6, 6.07) is 14.7. The van der Waals surface area contributed by atoms with Crippen molar-refractivity contribution in [2.24, 2.45) is 0 Å². The van der Waals surface area contributed by atoms with Crippen LogP contribution in [0.4, 0.5) is 0 Å². The van der Waals surface area contributed by atoms with Crippen LogP contribution < -0.4 is 4.74 Å². The zero-order valence-electron chi connectivity index (χ0n) is 17.8. The van der Waals surface area contributed by atoms with Crippen LogP contribution in [0.3, 0.4) is 0 Å². The maximum absolute atomic E-state index is 13.5. The Morgan fingerprint density at radius 3 is 2.00 bits per heavy atom. The maximum atomic E-state index is 13.5. The van der Waals surface area contributed by atoms with Gasteiger partial charge in [-0.1, -0.05) is 18.2 Å². The van der Waals surface area contributed by atoms with E-state index in [4.69, 9.17) is 13.6 Å². The monoisotopic (exact) mass is 442 g/mol. The number of rotatable bonds is 3. The number of ketones is 2. The highest BCUT2D eigenvalue weighted by molar-refractivity contribution is 6.06. The van der Waals surface area contributed by atoms with Crippen LogP contribution in [0, 0.1) is 0 Å². The van der Waals surface area contributed by atoms with Crippen molar-refractivity contribution in [2.75, 3.05) is 0 Å². The molecule has 3 heterocycles. The Morgan fingerprint density at radius 2 is 1.36 bits per heavy atom. The number of aliphatic hydroxyl groups excluding tert-OH is 1. The van der Waals surface area contributed by atoms with E-state index in [0.29, 0.717) is 41.3 Å². The molecule has 0 fully saturated rings. The van der Waals surface area contributed by atoms with E-state index >= 15 is 0 Å². The number of furan rings is 2. The van der Waals surface area contributed by atoms with E-state index in [2.05, 4.69) is 0 Å². The number of hydrogen-bond acceptors (Lipinski definition) is 6. The fourth-order valence-electron chi connectivity index (χ4n) is 5.40. The molecular formula is C27H22O6. The summed E-state index contributed by atoms with van der Waals surface area (Å²) in [5, 5.41) is 11.1. The average Bonchev–Trinajstić information content (AvgIpc) is 3.52. The second-order valence-electron chi connectivity index (χ2n) is 8.86. The standard InChI is InChI=1S/C27H22O6/c28-18-11-15(21-7-3-9-31-21)12-19(29)26(18)25-17-5-1-2-6-23(17)33-24-14-16(13-20(30)27(24)25)22-8-4-10-32-22/h1-10,15-16,25,28H,11-14H2. The van der Waals surface area contributed by atoms with Gasteiger partial charge in [-0.25, -0.2) is 0 Å². The van der Waals surface area contributed by atoms with Crippen molar-refractivity contribution in [3.63, 3.8) is 0 Å². The Bertz CT molecular complexity index is 1290. The molecule has 1 aromatic carbocycles. The first-order valence-corrected chi connectivity index (χ1v) is 11.1. The number of hydrogen-bond donors (Lipinski definition) is 1. The molecular weight excluding hydrogens is 420 g/mol.